The second-order valence-electron chi connectivity index (χ2n) is 3.70. The van der Waals surface area contributed by atoms with Gasteiger partial charge < -0.3 is 0 Å². The van der Waals surface area contributed by atoms with E-state index in [0.29, 0.717) is 5.56 Å². The number of alkyl halides is 1. The number of hydrogen-bond acceptors (Lipinski definition) is 0. The van der Waals surface area contributed by atoms with Crippen molar-refractivity contribution < 1.29 is 8.78 Å². The Balaban J connectivity index is 2.44. The van der Waals surface area contributed by atoms with Crippen molar-refractivity contribution in [2.24, 2.45) is 0 Å². The van der Waals surface area contributed by atoms with Crippen molar-refractivity contribution in [1.29, 1.82) is 0 Å². The SMILES string of the molecule is Fc1ccc(C(Cl)c2cc(Br)ccc2Br)cc1F. The van der Waals surface area contributed by atoms with E-state index in [1.54, 1.807) is 0 Å². The van der Waals surface area contributed by atoms with E-state index in [9.17, 15) is 8.78 Å². The van der Waals surface area contributed by atoms with Gasteiger partial charge >= 0.3 is 0 Å². The van der Waals surface area contributed by atoms with Gasteiger partial charge in [-0.1, -0.05) is 37.9 Å². The molecule has 0 saturated carbocycles. The lowest BCUT2D eigenvalue weighted by Gasteiger charge is -2.13. The Hall–Kier alpha value is -0.450. The molecule has 0 aliphatic heterocycles. The average molecular weight is 396 g/mol. The van der Waals surface area contributed by atoms with Gasteiger partial charge in [0.1, 0.15) is 0 Å². The summed E-state index contributed by atoms with van der Waals surface area (Å²) in [5.41, 5.74) is 1.30. The van der Waals surface area contributed by atoms with Crippen LogP contribution in [0.3, 0.4) is 0 Å². The lowest BCUT2D eigenvalue weighted by atomic mass is 10.0. The Morgan fingerprint density at radius 3 is 2.33 bits per heavy atom. The van der Waals surface area contributed by atoms with Crippen LogP contribution in [0.1, 0.15) is 16.5 Å². The molecular formula is C13H7Br2ClF2. The molecule has 0 aliphatic rings. The predicted octanol–water partition coefficient (Wildman–Crippen LogP) is 5.82. The fraction of sp³-hybridized carbons (Fsp3) is 0.0769. The third-order valence-corrected chi connectivity index (χ3v) is 4.17. The summed E-state index contributed by atoms with van der Waals surface area (Å²) in [4.78, 5) is 0. The van der Waals surface area contributed by atoms with Gasteiger partial charge in [-0.25, -0.2) is 8.78 Å². The van der Waals surface area contributed by atoms with Crippen molar-refractivity contribution in [3.8, 4) is 0 Å². The average Bonchev–Trinajstić information content (AvgIpc) is 2.35. The van der Waals surface area contributed by atoms with Gasteiger partial charge in [0.05, 0.1) is 5.38 Å². The Kier molecular flexibility index (Phi) is 4.41. The van der Waals surface area contributed by atoms with Crippen LogP contribution in [0.4, 0.5) is 8.78 Å². The van der Waals surface area contributed by atoms with Crippen LogP contribution in [0.15, 0.2) is 45.3 Å². The molecule has 0 amide bonds. The van der Waals surface area contributed by atoms with Crippen LogP contribution in [-0.4, -0.2) is 0 Å². The van der Waals surface area contributed by atoms with E-state index in [2.05, 4.69) is 31.9 Å². The lowest BCUT2D eigenvalue weighted by Crippen LogP contribution is -1.97. The summed E-state index contributed by atoms with van der Waals surface area (Å²) in [5, 5.41) is -0.549. The maximum Gasteiger partial charge on any atom is 0.159 e. The number of hydrogen-bond donors (Lipinski definition) is 0. The minimum Gasteiger partial charge on any atom is -0.204 e. The molecule has 2 aromatic carbocycles. The van der Waals surface area contributed by atoms with Crippen LogP contribution in [0.25, 0.3) is 0 Å². The molecule has 5 heteroatoms. The molecule has 18 heavy (non-hydrogen) atoms. The van der Waals surface area contributed by atoms with Crippen LogP contribution in [-0.2, 0) is 0 Å². The molecule has 0 nitrogen and oxygen atoms in total. The summed E-state index contributed by atoms with van der Waals surface area (Å²) in [5.74, 6) is -1.78. The molecule has 0 aliphatic carbocycles. The Morgan fingerprint density at radius 1 is 0.944 bits per heavy atom. The van der Waals surface area contributed by atoms with Crippen molar-refractivity contribution in [3.05, 3.63) is 68.1 Å². The Labute approximate surface area is 125 Å². The van der Waals surface area contributed by atoms with Crippen LogP contribution in [0, 0.1) is 11.6 Å². The fourth-order valence-electron chi connectivity index (χ4n) is 1.56. The fourth-order valence-corrected chi connectivity index (χ4v) is 2.86. The maximum absolute atomic E-state index is 13.2. The van der Waals surface area contributed by atoms with Crippen molar-refractivity contribution >= 4 is 43.5 Å². The summed E-state index contributed by atoms with van der Waals surface area (Å²) in [6.45, 7) is 0. The number of halogens is 5. The zero-order valence-corrected chi connectivity index (χ0v) is 12.9. The van der Waals surface area contributed by atoms with Crippen molar-refractivity contribution in [2.45, 2.75) is 5.38 Å². The molecule has 94 valence electrons. The summed E-state index contributed by atoms with van der Waals surface area (Å²) in [7, 11) is 0. The first kappa shape index (κ1) is 14.0. The van der Waals surface area contributed by atoms with Gasteiger partial charge in [-0.05, 0) is 41.5 Å². The van der Waals surface area contributed by atoms with E-state index in [1.165, 1.54) is 6.07 Å². The zero-order chi connectivity index (χ0) is 13.3. The normalized spacial score (nSPS) is 12.5. The highest BCUT2D eigenvalue weighted by Gasteiger charge is 2.16. The van der Waals surface area contributed by atoms with E-state index >= 15 is 0 Å². The first-order chi connectivity index (χ1) is 8.49. The molecule has 2 aromatic rings. The highest BCUT2D eigenvalue weighted by molar-refractivity contribution is 9.11. The number of benzene rings is 2. The quantitative estimate of drug-likeness (QED) is 0.561. The standard InChI is InChI=1S/C13H7Br2ClF2/c14-8-2-3-10(15)9(6-8)13(16)7-1-4-11(17)12(18)5-7/h1-6,13H. The second-order valence-corrected chi connectivity index (χ2v) is 5.91. The van der Waals surface area contributed by atoms with Gasteiger partial charge in [-0.2, -0.15) is 0 Å². The van der Waals surface area contributed by atoms with Gasteiger partial charge in [-0.15, -0.1) is 11.6 Å². The minimum absolute atomic E-state index is 0.509. The summed E-state index contributed by atoms with van der Waals surface area (Å²) >= 11 is 13.0. The Bertz CT molecular complexity index is 587. The summed E-state index contributed by atoms with van der Waals surface area (Å²) in [6, 6.07) is 9.20. The molecule has 0 bridgehead atoms. The molecule has 0 N–H and O–H groups in total. The summed E-state index contributed by atoms with van der Waals surface area (Å²) in [6.07, 6.45) is 0. The van der Waals surface area contributed by atoms with Crippen LogP contribution in [0.5, 0.6) is 0 Å². The molecule has 0 saturated heterocycles. The first-order valence-electron chi connectivity index (χ1n) is 5.03. The van der Waals surface area contributed by atoms with Crippen molar-refractivity contribution in [2.75, 3.05) is 0 Å². The Morgan fingerprint density at radius 2 is 1.67 bits per heavy atom. The third-order valence-electron chi connectivity index (χ3n) is 2.47. The summed E-state index contributed by atoms with van der Waals surface area (Å²) < 4.78 is 27.7. The highest BCUT2D eigenvalue weighted by atomic mass is 79.9. The van der Waals surface area contributed by atoms with E-state index in [4.69, 9.17) is 11.6 Å². The molecular weight excluding hydrogens is 389 g/mol. The molecule has 0 radical (unpaired) electrons. The van der Waals surface area contributed by atoms with Crippen LogP contribution < -0.4 is 0 Å². The molecule has 0 fully saturated rings. The van der Waals surface area contributed by atoms with Gasteiger partial charge in [-0.3, -0.25) is 0 Å². The van der Waals surface area contributed by atoms with Crippen LogP contribution in [0.2, 0.25) is 0 Å². The van der Waals surface area contributed by atoms with Gasteiger partial charge in [0.2, 0.25) is 0 Å². The van der Waals surface area contributed by atoms with E-state index in [0.717, 1.165) is 26.6 Å². The largest absolute Gasteiger partial charge is 0.204 e. The molecule has 1 atom stereocenters. The zero-order valence-electron chi connectivity index (χ0n) is 8.93. The van der Waals surface area contributed by atoms with E-state index in [1.807, 2.05) is 18.2 Å². The van der Waals surface area contributed by atoms with Crippen LogP contribution >= 0.6 is 43.5 Å². The first-order valence-corrected chi connectivity index (χ1v) is 7.05. The molecule has 0 spiro atoms. The van der Waals surface area contributed by atoms with Gasteiger partial charge in [0.15, 0.2) is 11.6 Å². The van der Waals surface area contributed by atoms with E-state index < -0.39 is 17.0 Å². The van der Waals surface area contributed by atoms with Gasteiger partial charge in [0.25, 0.3) is 0 Å². The molecule has 1 unspecified atom stereocenters. The second kappa shape index (κ2) is 5.68. The number of rotatable bonds is 2. The highest BCUT2D eigenvalue weighted by Crippen LogP contribution is 2.35. The smallest absolute Gasteiger partial charge is 0.159 e. The third kappa shape index (κ3) is 2.92. The molecule has 2 rings (SSSR count). The van der Waals surface area contributed by atoms with Crippen molar-refractivity contribution in [3.63, 3.8) is 0 Å². The van der Waals surface area contributed by atoms with Crippen molar-refractivity contribution in [1.82, 2.24) is 0 Å². The molecule has 0 heterocycles. The lowest BCUT2D eigenvalue weighted by molar-refractivity contribution is 0.507. The minimum atomic E-state index is -0.899. The molecule has 0 aromatic heterocycles. The maximum atomic E-state index is 13.2. The van der Waals surface area contributed by atoms with E-state index in [-0.39, 0.29) is 0 Å². The topological polar surface area (TPSA) is 0 Å². The predicted molar refractivity (Wildman–Crippen MR) is 75.9 cm³/mol. The monoisotopic (exact) mass is 394 g/mol. The van der Waals surface area contributed by atoms with Gasteiger partial charge in [0, 0.05) is 8.95 Å².